The van der Waals surface area contributed by atoms with Gasteiger partial charge in [-0.2, -0.15) is 0 Å². The van der Waals surface area contributed by atoms with Gasteiger partial charge in [0, 0.05) is 26.7 Å². The zero-order chi connectivity index (χ0) is 9.73. The summed E-state index contributed by atoms with van der Waals surface area (Å²) in [5.74, 6) is 0. The Morgan fingerprint density at radius 1 is 1.62 bits per heavy atom. The summed E-state index contributed by atoms with van der Waals surface area (Å²) >= 11 is 0. The lowest BCUT2D eigenvalue weighted by Gasteiger charge is -2.31. The minimum atomic E-state index is -0.675. The highest BCUT2D eigenvalue weighted by atomic mass is 16.5. The lowest BCUT2D eigenvalue weighted by Crippen LogP contribution is -2.51. The van der Waals surface area contributed by atoms with E-state index >= 15 is 0 Å². The van der Waals surface area contributed by atoms with Crippen LogP contribution in [0.1, 0.15) is 13.3 Å². The maximum Gasteiger partial charge on any atom is 0.0765 e. The number of hydrogen-bond acceptors (Lipinski definition) is 4. The molecule has 78 valence electrons. The Morgan fingerprint density at radius 3 is 2.77 bits per heavy atom. The molecule has 1 aliphatic heterocycles. The predicted molar refractivity (Wildman–Crippen MR) is 49.7 cm³/mol. The molecule has 13 heavy (non-hydrogen) atoms. The van der Waals surface area contributed by atoms with Gasteiger partial charge in [0.05, 0.1) is 24.9 Å². The van der Waals surface area contributed by atoms with Crippen LogP contribution in [0, 0.1) is 0 Å². The zero-order valence-electron chi connectivity index (χ0n) is 8.38. The molecule has 1 rings (SSSR count). The molecule has 0 aromatic carbocycles. The van der Waals surface area contributed by atoms with Crippen molar-refractivity contribution < 1.29 is 14.6 Å². The number of aliphatic hydroxyl groups is 1. The van der Waals surface area contributed by atoms with Crippen LogP contribution in [0.2, 0.25) is 0 Å². The normalized spacial score (nSPS) is 22.4. The first-order valence-electron chi connectivity index (χ1n) is 4.66. The van der Waals surface area contributed by atoms with Crippen LogP contribution in [0.5, 0.6) is 0 Å². The molecule has 1 fully saturated rings. The highest BCUT2D eigenvalue weighted by molar-refractivity contribution is 4.80. The van der Waals surface area contributed by atoms with Gasteiger partial charge in [0.2, 0.25) is 0 Å². The third-order valence-electron chi connectivity index (χ3n) is 2.25. The molecule has 0 amide bonds. The van der Waals surface area contributed by atoms with Crippen LogP contribution in [0.15, 0.2) is 0 Å². The van der Waals surface area contributed by atoms with Crippen molar-refractivity contribution in [2.45, 2.75) is 25.0 Å². The average molecular weight is 189 g/mol. The van der Waals surface area contributed by atoms with Crippen molar-refractivity contribution >= 4 is 0 Å². The molecule has 1 atom stereocenters. The van der Waals surface area contributed by atoms with Crippen molar-refractivity contribution in [2.24, 2.45) is 0 Å². The van der Waals surface area contributed by atoms with E-state index in [2.05, 4.69) is 5.32 Å². The van der Waals surface area contributed by atoms with E-state index in [9.17, 15) is 5.11 Å². The van der Waals surface area contributed by atoms with Crippen LogP contribution in [-0.4, -0.2) is 50.2 Å². The molecule has 1 saturated heterocycles. The van der Waals surface area contributed by atoms with Crippen LogP contribution >= 0.6 is 0 Å². The summed E-state index contributed by atoms with van der Waals surface area (Å²) in [4.78, 5) is 0. The molecule has 4 nitrogen and oxygen atoms in total. The number of nitrogens with one attached hydrogen (secondary N) is 1. The summed E-state index contributed by atoms with van der Waals surface area (Å²) in [6, 6.07) is 0.425. The van der Waals surface area contributed by atoms with Gasteiger partial charge < -0.3 is 19.9 Å². The standard InChI is InChI=1S/C9H19NO3/c1-9(11,3-4-12-2)7-10-8-5-13-6-8/h8,10-11H,3-7H2,1-2H3. The van der Waals surface area contributed by atoms with Crippen LogP contribution in [0.3, 0.4) is 0 Å². The van der Waals surface area contributed by atoms with Crippen LogP contribution < -0.4 is 5.32 Å². The fraction of sp³-hybridized carbons (Fsp3) is 1.00. The summed E-state index contributed by atoms with van der Waals surface area (Å²) in [5.41, 5.74) is -0.675. The van der Waals surface area contributed by atoms with E-state index in [0.717, 1.165) is 13.2 Å². The van der Waals surface area contributed by atoms with Gasteiger partial charge in [0.1, 0.15) is 0 Å². The van der Waals surface area contributed by atoms with Crippen molar-refractivity contribution in [1.29, 1.82) is 0 Å². The van der Waals surface area contributed by atoms with Crippen molar-refractivity contribution in [3.63, 3.8) is 0 Å². The Morgan fingerprint density at radius 2 is 2.31 bits per heavy atom. The first-order chi connectivity index (χ1) is 6.14. The minimum Gasteiger partial charge on any atom is -0.389 e. The van der Waals surface area contributed by atoms with Crippen LogP contribution in [0.4, 0.5) is 0 Å². The molecule has 0 bridgehead atoms. The molecular weight excluding hydrogens is 170 g/mol. The van der Waals surface area contributed by atoms with Crippen molar-refractivity contribution in [3.05, 3.63) is 0 Å². The first-order valence-corrected chi connectivity index (χ1v) is 4.66. The number of rotatable bonds is 6. The van der Waals surface area contributed by atoms with E-state index in [0.29, 0.717) is 25.6 Å². The van der Waals surface area contributed by atoms with E-state index < -0.39 is 5.60 Å². The second-order valence-corrected chi connectivity index (χ2v) is 3.86. The molecule has 1 unspecified atom stereocenters. The third-order valence-corrected chi connectivity index (χ3v) is 2.25. The quantitative estimate of drug-likeness (QED) is 0.605. The van der Waals surface area contributed by atoms with E-state index in [1.165, 1.54) is 0 Å². The highest BCUT2D eigenvalue weighted by Crippen LogP contribution is 2.09. The second-order valence-electron chi connectivity index (χ2n) is 3.86. The predicted octanol–water partition coefficient (Wildman–Crippen LogP) is -0.238. The molecule has 1 aliphatic rings. The molecule has 0 aromatic rings. The summed E-state index contributed by atoms with van der Waals surface area (Å²) in [6.07, 6.45) is 0.657. The fourth-order valence-corrected chi connectivity index (χ4v) is 1.13. The lowest BCUT2D eigenvalue weighted by molar-refractivity contribution is -0.0260. The van der Waals surface area contributed by atoms with Gasteiger partial charge in [-0.15, -0.1) is 0 Å². The number of hydrogen-bond donors (Lipinski definition) is 2. The fourth-order valence-electron chi connectivity index (χ4n) is 1.13. The second kappa shape index (κ2) is 4.91. The summed E-state index contributed by atoms with van der Waals surface area (Å²) in [5, 5.41) is 13.1. The van der Waals surface area contributed by atoms with Gasteiger partial charge in [-0.1, -0.05) is 0 Å². The molecule has 0 spiro atoms. The molecule has 0 aromatic heterocycles. The van der Waals surface area contributed by atoms with Crippen molar-refractivity contribution in [1.82, 2.24) is 5.32 Å². The van der Waals surface area contributed by atoms with E-state index in [1.54, 1.807) is 7.11 Å². The average Bonchev–Trinajstić information content (AvgIpc) is 1.98. The summed E-state index contributed by atoms with van der Waals surface area (Å²) < 4.78 is 9.92. The number of ether oxygens (including phenoxy) is 2. The minimum absolute atomic E-state index is 0.425. The largest absolute Gasteiger partial charge is 0.389 e. The summed E-state index contributed by atoms with van der Waals surface area (Å²) in [6.45, 7) is 4.54. The van der Waals surface area contributed by atoms with Gasteiger partial charge in [-0.05, 0) is 6.92 Å². The highest BCUT2D eigenvalue weighted by Gasteiger charge is 2.24. The molecule has 4 heteroatoms. The molecule has 0 saturated carbocycles. The van der Waals surface area contributed by atoms with Gasteiger partial charge in [0.25, 0.3) is 0 Å². The Balaban J connectivity index is 2.08. The maximum atomic E-state index is 9.83. The smallest absolute Gasteiger partial charge is 0.0765 e. The Bertz CT molecular complexity index is 146. The Kier molecular flexibility index (Phi) is 4.12. The Hall–Kier alpha value is -0.160. The topological polar surface area (TPSA) is 50.7 Å². The molecule has 0 aliphatic carbocycles. The monoisotopic (exact) mass is 189 g/mol. The third kappa shape index (κ3) is 4.04. The SMILES string of the molecule is COCCC(C)(O)CNC1COC1. The molecular formula is C9H19NO3. The van der Waals surface area contributed by atoms with Crippen LogP contribution in [0.25, 0.3) is 0 Å². The van der Waals surface area contributed by atoms with E-state index in [1.807, 2.05) is 6.92 Å². The first kappa shape index (κ1) is 10.9. The van der Waals surface area contributed by atoms with Crippen molar-refractivity contribution in [3.8, 4) is 0 Å². The van der Waals surface area contributed by atoms with Gasteiger partial charge in [-0.3, -0.25) is 0 Å². The van der Waals surface area contributed by atoms with Crippen LogP contribution in [-0.2, 0) is 9.47 Å². The zero-order valence-corrected chi connectivity index (χ0v) is 8.38. The van der Waals surface area contributed by atoms with E-state index in [4.69, 9.17) is 9.47 Å². The van der Waals surface area contributed by atoms with Crippen molar-refractivity contribution in [2.75, 3.05) is 33.5 Å². The summed E-state index contributed by atoms with van der Waals surface area (Å²) in [7, 11) is 1.64. The van der Waals surface area contributed by atoms with Gasteiger partial charge in [0.15, 0.2) is 0 Å². The van der Waals surface area contributed by atoms with Gasteiger partial charge in [-0.25, -0.2) is 0 Å². The van der Waals surface area contributed by atoms with E-state index in [-0.39, 0.29) is 0 Å². The van der Waals surface area contributed by atoms with Gasteiger partial charge >= 0.3 is 0 Å². The number of methoxy groups -OCH3 is 1. The Labute approximate surface area is 79.2 Å². The molecule has 0 radical (unpaired) electrons. The molecule has 2 N–H and O–H groups in total. The molecule has 1 heterocycles. The maximum absolute atomic E-state index is 9.83. The lowest BCUT2D eigenvalue weighted by atomic mass is 10.0.